The van der Waals surface area contributed by atoms with Gasteiger partial charge < -0.3 is 5.32 Å². The molecule has 1 N–H and O–H groups in total. The monoisotopic (exact) mass is 438 g/mol. The molecule has 162 valence electrons. The highest BCUT2D eigenvalue weighted by atomic mass is 32.1. The van der Waals surface area contributed by atoms with Gasteiger partial charge in [-0.2, -0.15) is 0 Å². The van der Waals surface area contributed by atoms with E-state index in [-0.39, 0.29) is 11.7 Å². The Labute approximate surface area is 186 Å². The van der Waals surface area contributed by atoms with E-state index in [1.165, 1.54) is 6.07 Å². The fourth-order valence-corrected chi connectivity index (χ4v) is 4.45. The Kier molecular flexibility index (Phi) is 7.06. The van der Waals surface area contributed by atoms with Gasteiger partial charge in [0.05, 0.1) is 12.2 Å². The predicted molar refractivity (Wildman–Crippen MR) is 122 cm³/mol. The van der Waals surface area contributed by atoms with Crippen LogP contribution in [0.15, 0.2) is 53.9 Å². The summed E-state index contributed by atoms with van der Waals surface area (Å²) in [6.45, 7) is 6.81. The number of aryl methyl sites for hydroxylation is 1. The van der Waals surface area contributed by atoms with Crippen LogP contribution in [0.1, 0.15) is 16.8 Å². The number of rotatable bonds is 7. The molecule has 1 aromatic heterocycles. The van der Waals surface area contributed by atoms with Gasteiger partial charge in [-0.3, -0.25) is 14.6 Å². The molecule has 4 rings (SSSR count). The summed E-state index contributed by atoms with van der Waals surface area (Å²) < 4.78 is 13.6. The highest BCUT2D eigenvalue weighted by Gasteiger charge is 2.20. The SMILES string of the molecule is Cc1ccc(CNC(=O)CN2CCN(Cc3csc(-c4ccccc4)n3)CC2)cc1F. The van der Waals surface area contributed by atoms with Crippen molar-refractivity contribution in [2.75, 3.05) is 32.7 Å². The van der Waals surface area contributed by atoms with Crippen molar-refractivity contribution in [2.24, 2.45) is 0 Å². The van der Waals surface area contributed by atoms with Crippen LogP contribution >= 0.6 is 11.3 Å². The third kappa shape index (κ3) is 5.97. The highest BCUT2D eigenvalue weighted by molar-refractivity contribution is 7.13. The lowest BCUT2D eigenvalue weighted by atomic mass is 10.1. The van der Waals surface area contributed by atoms with Gasteiger partial charge in [0.25, 0.3) is 0 Å². The van der Waals surface area contributed by atoms with E-state index in [1.54, 1.807) is 24.3 Å². The minimum Gasteiger partial charge on any atom is -0.351 e. The zero-order chi connectivity index (χ0) is 21.6. The minimum atomic E-state index is -0.237. The zero-order valence-electron chi connectivity index (χ0n) is 17.7. The van der Waals surface area contributed by atoms with Gasteiger partial charge >= 0.3 is 0 Å². The summed E-state index contributed by atoms with van der Waals surface area (Å²) in [6, 6.07) is 15.3. The van der Waals surface area contributed by atoms with Crippen LogP contribution in [0.2, 0.25) is 0 Å². The van der Waals surface area contributed by atoms with E-state index >= 15 is 0 Å². The van der Waals surface area contributed by atoms with Crippen LogP contribution in [-0.4, -0.2) is 53.4 Å². The molecule has 3 aromatic rings. The fourth-order valence-electron chi connectivity index (χ4n) is 3.63. The first-order chi connectivity index (χ1) is 15.1. The maximum absolute atomic E-state index is 13.6. The van der Waals surface area contributed by atoms with Gasteiger partial charge in [0, 0.05) is 50.2 Å². The molecular formula is C24H27FN4OS. The predicted octanol–water partition coefficient (Wildman–Crippen LogP) is 3.69. The largest absolute Gasteiger partial charge is 0.351 e. The van der Waals surface area contributed by atoms with Crippen LogP contribution in [-0.2, 0) is 17.9 Å². The van der Waals surface area contributed by atoms with Crippen molar-refractivity contribution in [1.29, 1.82) is 0 Å². The van der Waals surface area contributed by atoms with Crippen molar-refractivity contribution in [2.45, 2.75) is 20.0 Å². The van der Waals surface area contributed by atoms with Crippen LogP contribution < -0.4 is 5.32 Å². The average molecular weight is 439 g/mol. The third-order valence-electron chi connectivity index (χ3n) is 5.52. The molecule has 1 saturated heterocycles. The number of nitrogens with zero attached hydrogens (tertiary/aromatic N) is 3. The number of carbonyl (C=O) groups excluding carboxylic acids is 1. The van der Waals surface area contributed by atoms with Gasteiger partial charge in [0.2, 0.25) is 5.91 Å². The highest BCUT2D eigenvalue weighted by Crippen LogP contribution is 2.24. The van der Waals surface area contributed by atoms with E-state index in [4.69, 9.17) is 4.98 Å². The van der Waals surface area contributed by atoms with Crippen molar-refractivity contribution >= 4 is 17.2 Å². The summed E-state index contributed by atoms with van der Waals surface area (Å²) >= 11 is 1.68. The first kappa shape index (κ1) is 21.6. The number of hydrogen-bond donors (Lipinski definition) is 1. The average Bonchev–Trinajstić information content (AvgIpc) is 3.25. The number of amides is 1. The second-order valence-electron chi connectivity index (χ2n) is 7.92. The maximum atomic E-state index is 13.6. The van der Waals surface area contributed by atoms with Gasteiger partial charge in [0.1, 0.15) is 10.8 Å². The van der Waals surface area contributed by atoms with E-state index < -0.39 is 0 Å². The number of thiazole rings is 1. The maximum Gasteiger partial charge on any atom is 0.234 e. The Balaban J connectivity index is 1.19. The fraction of sp³-hybridized carbons (Fsp3) is 0.333. The molecule has 0 radical (unpaired) electrons. The van der Waals surface area contributed by atoms with Crippen LogP contribution in [0.3, 0.4) is 0 Å². The lowest BCUT2D eigenvalue weighted by Crippen LogP contribution is -2.49. The normalized spacial score (nSPS) is 15.2. The van der Waals surface area contributed by atoms with Crippen LogP contribution in [0.25, 0.3) is 10.6 Å². The summed E-state index contributed by atoms with van der Waals surface area (Å²) in [5.41, 5.74) is 3.64. The number of halogens is 1. The van der Waals surface area contributed by atoms with E-state index in [0.29, 0.717) is 18.7 Å². The molecule has 1 fully saturated rings. The van der Waals surface area contributed by atoms with Crippen molar-refractivity contribution in [3.63, 3.8) is 0 Å². The van der Waals surface area contributed by atoms with Crippen LogP contribution in [0.5, 0.6) is 0 Å². The van der Waals surface area contributed by atoms with Crippen molar-refractivity contribution < 1.29 is 9.18 Å². The van der Waals surface area contributed by atoms with Crippen molar-refractivity contribution in [3.05, 3.63) is 76.5 Å². The molecule has 7 heteroatoms. The second kappa shape index (κ2) is 10.1. The molecule has 0 bridgehead atoms. The minimum absolute atomic E-state index is 0.0264. The number of aromatic nitrogens is 1. The van der Waals surface area contributed by atoms with E-state index in [0.717, 1.165) is 54.6 Å². The molecule has 2 heterocycles. The number of carbonyl (C=O) groups is 1. The van der Waals surface area contributed by atoms with Gasteiger partial charge in [0.15, 0.2) is 0 Å². The lowest BCUT2D eigenvalue weighted by molar-refractivity contribution is -0.122. The summed E-state index contributed by atoms with van der Waals surface area (Å²) in [5.74, 6) is -0.264. The number of hydrogen-bond acceptors (Lipinski definition) is 5. The molecule has 0 unspecified atom stereocenters. The smallest absolute Gasteiger partial charge is 0.234 e. The molecule has 0 saturated carbocycles. The van der Waals surface area contributed by atoms with Crippen LogP contribution in [0, 0.1) is 12.7 Å². The second-order valence-corrected chi connectivity index (χ2v) is 8.78. The zero-order valence-corrected chi connectivity index (χ0v) is 18.5. The first-order valence-corrected chi connectivity index (χ1v) is 11.4. The van der Waals surface area contributed by atoms with Crippen molar-refractivity contribution in [3.8, 4) is 10.6 Å². The topological polar surface area (TPSA) is 48.5 Å². The van der Waals surface area contributed by atoms with Crippen molar-refractivity contribution in [1.82, 2.24) is 20.1 Å². The summed E-state index contributed by atoms with van der Waals surface area (Å²) in [7, 11) is 0. The van der Waals surface area contributed by atoms with Gasteiger partial charge in [-0.25, -0.2) is 9.37 Å². The molecule has 0 atom stereocenters. The summed E-state index contributed by atoms with van der Waals surface area (Å²) in [5, 5.41) is 6.08. The molecule has 0 spiro atoms. The van der Waals surface area contributed by atoms with E-state index in [1.807, 2.05) is 24.3 Å². The third-order valence-corrected chi connectivity index (χ3v) is 6.46. The Morgan fingerprint density at radius 1 is 1.10 bits per heavy atom. The molecule has 2 aromatic carbocycles. The number of piperazine rings is 1. The van der Waals surface area contributed by atoms with Gasteiger partial charge in [-0.1, -0.05) is 42.5 Å². The molecule has 0 aliphatic carbocycles. The van der Waals surface area contributed by atoms with Gasteiger partial charge in [-0.05, 0) is 24.1 Å². The molecule has 1 aliphatic rings. The van der Waals surface area contributed by atoms with E-state index in [9.17, 15) is 9.18 Å². The standard InChI is InChI=1S/C24H27FN4OS/c1-18-7-8-19(13-22(18)25)14-26-23(30)16-29-11-9-28(10-12-29)15-21-17-31-24(27-21)20-5-3-2-4-6-20/h2-8,13,17H,9-12,14-16H2,1H3,(H,26,30). The Morgan fingerprint density at radius 3 is 2.58 bits per heavy atom. The molecule has 1 aliphatic heterocycles. The molecule has 1 amide bonds. The first-order valence-electron chi connectivity index (χ1n) is 10.5. The summed E-state index contributed by atoms with van der Waals surface area (Å²) in [6.07, 6.45) is 0. The number of benzene rings is 2. The van der Waals surface area contributed by atoms with E-state index in [2.05, 4.69) is 32.6 Å². The summed E-state index contributed by atoms with van der Waals surface area (Å²) in [4.78, 5) is 21.6. The molecular weight excluding hydrogens is 411 g/mol. The van der Waals surface area contributed by atoms with Crippen LogP contribution in [0.4, 0.5) is 4.39 Å². The Bertz CT molecular complexity index is 1020. The Morgan fingerprint density at radius 2 is 1.84 bits per heavy atom. The lowest BCUT2D eigenvalue weighted by Gasteiger charge is -2.33. The molecule has 5 nitrogen and oxygen atoms in total. The molecule has 31 heavy (non-hydrogen) atoms. The number of nitrogens with one attached hydrogen (secondary N) is 1. The van der Waals surface area contributed by atoms with Gasteiger partial charge in [-0.15, -0.1) is 11.3 Å². The Hall–Kier alpha value is -2.61. The quantitative estimate of drug-likeness (QED) is 0.611.